The molecular weight excluding hydrogens is 472 g/mol. The summed E-state index contributed by atoms with van der Waals surface area (Å²) in [4.78, 5) is 0. The second-order valence-electron chi connectivity index (χ2n) is 5.44. The minimum absolute atomic E-state index is 0. The van der Waals surface area contributed by atoms with Crippen LogP contribution in [0.15, 0.2) is 121 Å². The van der Waals surface area contributed by atoms with Gasteiger partial charge in [0, 0.05) is 21.1 Å². The summed E-state index contributed by atoms with van der Waals surface area (Å²) in [7, 11) is 0. The summed E-state index contributed by atoms with van der Waals surface area (Å²) < 4.78 is 0. The van der Waals surface area contributed by atoms with E-state index in [1.54, 1.807) is 0 Å². The molecule has 0 atom stereocenters. The third-order valence-electron chi connectivity index (χ3n) is 3.74. The van der Waals surface area contributed by atoms with Gasteiger partial charge in [0.1, 0.15) is 0 Å². The zero-order valence-corrected chi connectivity index (χ0v) is 16.9. The molecule has 0 spiro atoms. The van der Waals surface area contributed by atoms with Crippen LogP contribution in [0.25, 0.3) is 0 Å². The molecule has 0 saturated carbocycles. The number of hydrogen-bond donors (Lipinski definition) is 0. The Bertz CT molecular complexity index is 724. The predicted octanol–water partition coefficient (Wildman–Crippen LogP) is 6.11. The van der Waals surface area contributed by atoms with E-state index in [9.17, 15) is 0 Å². The summed E-state index contributed by atoms with van der Waals surface area (Å²) in [5.41, 5.74) is 3.79. The van der Waals surface area contributed by atoms with Crippen LogP contribution in [-0.2, 0) is 21.1 Å². The minimum atomic E-state index is 0. The van der Waals surface area contributed by atoms with Crippen molar-refractivity contribution >= 4 is 0 Å². The quantitative estimate of drug-likeness (QED) is 0.303. The summed E-state index contributed by atoms with van der Waals surface area (Å²) in [6.45, 7) is 0. The molecule has 0 N–H and O–H groups in total. The van der Waals surface area contributed by atoms with Crippen LogP contribution in [0.2, 0.25) is 0 Å². The first-order valence-corrected chi connectivity index (χ1v) is 8.15. The Balaban J connectivity index is 0.000000275. The zero-order chi connectivity index (χ0) is 16.5. The van der Waals surface area contributed by atoms with E-state index in [2.05, 4.69) is 84.9 Å². The molecule has 1 heteroatoms. The molecule has 0 saturated heterocycles. The van der Waals surface area contributed by atoms with Gasteiger partial charge in [-0.3, -0.25) is 0 Å². The smallest absolute Gasteiger partial charge is 0 e. The standard InChI is InChI=1S/C18H14.C6H6.W/c1-3-9-15(10-4-1)18(17-13-7-8-14-17)16-11-5-2-6-12-16;1-2-4-6-5-3-1;/h1-14H;1-6H;/q-2;;. The summed E-state index contributed by atoms with van der Waals surface area (Å²) in [6.07, 6.45) is 0. The van der Waals surface area contributed by atoms with E-state index in [0.717, 1.165) is 0 Å². The molecule has 25 heavy (non-hydrogen) atoms. The van der Waals surface area contributed by atoms with Gasteiger partial charge in [0.25, 0.3) is 0 Å². The van der Waals surface area contributed by atoms with E-state index in [0.29, 0.717) is 0 Å². The Labute approximate surface area is 164 Å². The van der Waals surface area contributed by atoms with Crippen molar-refractivity contribution in [2.45, 2.75) is 0 Å². The van der Waals surface area contributed by atoms with Gasteiger partial charge in [-0.1, -0.05) is 72.8 Å². The molecule has 0 unspecified atom stereocenters. The molecule has 0 bridgehead atoms. The van der Waals surface area contributed by atoms with Gasteiger partial charge in [-0.25, -0.2) is 0 Å². The van der Waals surface area contributed by atoms with Crippen LogP contribution < -0.4 is 0 Å². The molecule has 4 aromatic carbocycles. The van der Waals surface area contributed by atoms with E-state index in [-0.39, 0.29) is 21.1 Å². The SMILES string of the molecule is [W].c1ccc([C-](c2ccccc2)[c-]2cccc2)cc1.c1ccccc1. The van der Waals surface area contributed by atoms with Crippen molar-refractivity contribution in [3.05, 3.63) is 144 Å². The van der Waals surface area contributed by atoms with E-state index in [1.807, 2.05) is 36.4 Å². The summed E-state index contributed by atoms with van der Waals surface area (Å²) in [6, 6.07) is 41.6. The molecule has 0 fully saturated rings. The van der Waals surface area contributed by atoms with Crippen molar-refractivity contribution in [3.63, 3.8) is 0 Å². The van der Waals surface area contributed by atoms with Gasteiger partial charge in [0.15, 0.2) is 0 Å². The van der Waals surface area contributed by atoms with Crippen LogP contribution in [0, 0.1) is 5.92 Å². The van der Waals surface area contributed by atoms with Gasteiger partial charge in [-0.05, 0) is 0 Å². The van der Waals surface area contributed by atoms with E-state index >= 15 is 0 Å². The minimum Gasteiger partial charge on any atom is -0.181 e. The molecule has 0 amide bonds. The largest absolute Gasteiger partial charge is 0.181 e. The third-order valence-corrected chi connectivity index (χ3v) is 3.74. The van der Waals surface area contributed by atoms with E-state index in [1.165, 1.54) is 22.6 Å². The van der Waals surface area contributed by atoms with Crippen LogP contribution in [0.5, 0.6) is 0 Å². The fourth-order valence-corrected chi connectivity index (χ4v) is 2.64. The first-order chi connectivity index (χ1) is 11.9. The number of rotatable bonds is 3. The monoisotopic (exact) mass is 492 g/mol. The first-order valence-electron chi connectivity index (χ1n) is 8.15. The van der Waals surface area contributed by atoms with Gasteiger partial charge >= 0.3 is 0 Å². The summed E-state index contributed by atoms with van der Waals surface area (Å²) in [5, 5.41) is 0. The molecule has 124 valence electrons. The van der Waals surface area contributed by atoms with Crippen LogP contribution in [0.3, 0.4) is 0 Å². The predicted molar refractivity (Wildman–Crippen MR) is 102 cm³/mol. The normalized spacial score (nSPS) is 9.28. The molecule has 0 nitrogen and oxygen atoms in total. The van der Waals surface area contributed by atoms with Crippen molar-refractivity contribution in [1.29, 1.82) is 0 Å². The number of hydrogen-bond acceptors (Lipinski definition) is 0. The van der Waals surface area contributed by atoms with Gasteiger partial charge in [-0.2, -0.15) is 46.9 Å². The summed E-state index contributed by atoms with van der Waals surface area (Å²) in [5.74, 6) is 1.29. The van der Waals surface area contributed by atoms with Gasteiger partial charge < -0.3 is 0 Å². The van der Waals surface area contributed by atoms with Crippen LogP contribution in [0.1, 0.15) is 16.7 Å². The van der Waals surface area contributed by atoms with Crippen molar-refractivity contribution in [1.82, 2.24) is 0 Å². The Morgan fingerprint density at radius 1 is 0.440 bits per heavy atom. The molecule has 0 aliphatic carbocycles. The maximum atomic E-state index is 2.16. The average Bonchev–Trinajstić information content (AvgIpc) is 3.20. The average molecular weight is 492 g/mol. The molecule has 0 heterocycles. The van der Waals surface area contributed by atoms with Gasteiger partial charge in [0.05, 0.1) is 0 Å². The Morgan fingerprint density at radius 3 is 1.12 bits per heavy atom. The summed E-state index contributed by atoms with van der Waals surface area (Å²) >= 11 is 0. The van der Waals surface area contributed by atoms with Gasteiger partial charge in [0.2, 0.25) is 0 Å². The van der Waals surface area contributed by atoms with Crippen molar-refractivity contribution in [2.24, 2.45) is 0 Å². The van der Waals surface area contributed by atoms with Crippen LogP contribution in [0.4, 0.5) is 0 Å². The Morgan fingerprint density at radius 2 is 0.760 bits per heavy atom. The van der Waals surface area contributed by atoms with Crippen molar-refractivity contribution in [2.75, 3.05) is 0 Å². The molecule has 0 aliphatic rings. The molecule has 0 aromatic heterocycles. The molecule has 4 rings (SSSR count). The first kappa shape index (κ1) is 18.9. The van der Waals surface area contributed by atoms with Gasteiger partial charge in [-0.15, -0.1) is 24.3 Å². The van der Waals surface area contributed by atoms with Crippen molar-refractivity contribution in [3.8, 4) is 0 Å². The maximum Gasteiger partial charge on any atom is 0 e. The molecule has 0 radical (unpaired) electrons. The second kappa shape index (κ2) is 10.4. The molecular formula is C24H20W-2. The Kier molecular flexibility index (Phi) is 7.89. The van der Waals surface area contributed by atoms with E-state index in [4.69, 9.17) is 0 Å². The molecule has 0 aliphatic heterocycles. The van der Waals surface area contributed by atoms with Crippen molar-refractivity contribution < 1.29 is 21.1 Å². The van der Waals surface area contributed by atoms with Crippen LogP contribution in [-0.4, -0.2) is 0 Å². The topological polar surface area (TPSA) is 0 Å². The fraction of sp³-hybridized carbons (Fsp3) is 0. The molecule has 4 aromatic rings. The number of benzene rings is 3. The van der Waals surface area contributed by atoms with E-state index < -0.39 is 0 Å². The maximum absolute atomic E-state index is 2.16. The van der Waals surface area contributed by atoms with Crippen LogP contribution >= 0.6 is 0 Å². The fourth-order valence-electron chi connectivity index (χ4n) is 2.64. The Hall–Kier alpha value is -2.43. The zero-order valence-electron chi connectivity index (χ0n) is 14.0. The second-order valence-corrected chi connectivity index (χ2v) is 5.44. The third kappa shape index (κ3) is 5.55.